The van der Waals surface area contributed by atoms with Crippen LogP contribution < -0.4 is 0 Å². The number of aromatic nitrogens is 2. The zero-order chi connectivity index (χ0) is 17.8. The van der Waals surface area contributed by atoms with Crippen LogP contribution in [0.5, 0.6) is 0 Å². The molecule has 132 valence electrons. The SMILES string of the molecule is O=C(c1ccccc1)c1noc(C2CCN(Cc3ccccc3)CC2)n1. The van der Waals surface area contributed by atoms with Crippen molar-refractivity contribution in [3.05, 3.63) is 83.5 Å². The standard InChI is InChI=1S/C21H21N3O2/c25-19(17-9-5-2-6-10-17)20-22-21(26-23-20)18-11-13-24(14-12-18)15-16-7-3-1-4-8-16/h1-10,18H,11-15H2. The Hall–Kier alpha value is -2.79. The second kappa shape index (κ2) is 7.62. The summed E-state index contributed by atoms with van der Waals surface area (Å²) in [7, 11) is 0. The van der Waals surface area contributed by atoms with Gasteiger partial charge in [0.25, 0.3) is 0 Å². The molecule has 5 heteroatoms. The van der Waals surface area contributed by atoms with Crippen molar-refractivity contribution in [2.24, 2.45) is 0 Å². The van der Waals surface area contributed by atoms with Crippen LogP contribution in [0.15, 0.2) is 65.2 Å². The Morgan fingerprint density at radius 1 is 1.00 bits per heavy atom. The Bertz CT molecular complexity index is 853. The zero-order valence-electron chi connectivity index (χ0n) is 14.5. The van der Waals surface area contributed by atoms with Gasteiger partial charge in [-0.2, -0.15) is 4.98 Å². The number of hydrogen-bond donors (Lipinski definition) is 0. The third kappa shape index (κ3) is 3.73. The maximum Gasteiger partial charge on any atom is 0.243 e. The van der Waals surface area contributed by atoms with Crippen LogP contribution in [0.3, 0.4) is 0 Å². The molecular weight excluding hydrogens is 326 g/mol. The summed E-state index contributed by atoms with van der Waals surface area (Å²) in [5.41, 5.74) is 1.91. The van der Waals surface area contributed by atoms with Gasteiger partial charge >= 0.3 is 0 Å². The Balaban J connectivity index is 1.36. The van der Waals surface area contributed by atoms with Crippen LogP contribution in [0, 0.1) is 0 Å². The van der Waals surface area contributed by atoms with E-state index in [4.69, 9.17) is 4.52 Å². The molecular formula is C21H21N3O2. The Kier molecular flexibility index (Phi) is 4.88. The molecule has 1 aromatic heterocycles. The van der Waals surface area contributed by atoms with Gasteiger partial charge in [-0.05, 0) is 31.5 Å². The molecule has 0 bridgehead atoms. The fourth-order valence-electron chi connectivity index (χ4n) is 3.39. The van der Waals surface area contributed by atoms with Crippen molar-refractivity contribution < 1.29 is 9.32 Å². The minimum atomic E-state index is -0.192. The summed E-state index contributed by atoms with van der Waals surface area (Å²) < 4.78 is 5.40. The van der Waals surface area contributed by atoms with Gasteiger partial charge in [0.15, 0.2) is 0 Å². The topological polar surface area (TPSA) is 59.2 Å². The lowest BCUT2D eigenvalue weighted by atomic mass is 9.96. The smallest absolute Gasteiger partial charge is 0.243 e. The first-order valence-corrected chi connectivity index (χ1v) is 8.99. The van der Waals surface area contributed by atoms with Crippen molar-refractivity contribution in [2.75, 3.05) is 13.1 Å². The molecule has 0 radical (unpaired) electrons. The fourth-order valence-corrected chi connectivity index (χ4v) is 3.39. The molecule has 0 N–H and O–H groups in total. The highest BCUT2D eigenvalue weighted by atomic mass is 16.5. The maximum absolute atomic E-state index is 12.4. The summed E-state index contributed by atoms with van der Waals surface area (Å²) in [5.74, 6) is 0.774. The van der Waals surface area contributed by atoms with Gasteiger partial charge in [-0.3, -0.25) is 9.69 Å². The van der Waals surface area contributed by atoms with Crippen molar-refractivity contribution in [2.45, 2.75) is 25.3 Å². The molecule has 2 heterocycles. The van der Waals surface area contributed by atoms with Gasteiger partial charge < -0.3 is 4.52 Å². The summed E-state index contributed by atoms with van der Waals surface area (Å²) >= 11 is 0. The molecule has 0 unspecified atom stereocenters. The molecule has 0 amide bonds. The van der Waals surface area contributed by atoms with Crippen LogP contribution in [-0.4, -0.2) is 33.9 Å². The van der Waals surface area contributed by atoms with Crippen molar-refractivity contribution in [3.8, 4) is 0 Å². The second-order valence-corrected chi connectivity index (χ2v) is 6.69. The summed E-state index contributed by atoms with van der Waals surface area (Å²) in [4.78, 5) is 19.2. The molecule has 26 heavy (non-hydrogen) atoms. The first-order chi connectivity index (χ1) is 12.8. The molecule has 1 saturated heterocycles. The van der Waals surface area contributed by atoms with Gasteiger partial charge in [-0.1, -0.05) is 65.8 Å². The number of piperidine rings is 1. The predicted molar refractivity (Wildman–Crippen MR) is 97.9 cm³/mol. The average molecular weight is 347 g/mol. The number of rotatable bonds is 5. The van der Waals surface area contributed by atoms with Crippen molar-refractivity contribution in [1.82, 2.24) is 15.0 Å². The van der Waals surface area contributed by atoms with E-state index >= 15 is 0 Å². The van der Waals surface area contributed by atoms with Crippen LogP contribution in [-0.2, 0) is 6.54 Å². The third-order valence-electron chi connectivity index (χ3n) is 4.87. The lowest BCUT2D eigenvalue weighted by Crippen LogP contribution is -2.32. The molecule has 3 aromatic rings. The monoisotopic (exact) mass is 347 g/mol. The first-order valence-electron chi connectivity index (χ1n) is 8.99. The number of benzene rings is 2. The summed E-state index contributed by atoms with van der Waals surface area (Å²) in [6.45, 7) is 2.95. The van der Waals surface area contributed by atoms with Gasteiger partial charge in [0.2, 0.25) is 17.5 Å². The van der Waals surface area contributed by atoms with Crippen LogP contribution in [0.1, 0.15) is 46.4 Å². The number of nitrogens with zero attached hydrogens (tertiary/aromatic N) is 3. The molecule has 0 atom stereocenters. The number of carbonyl (C=O) groups is 1. The van der Waals surface area contributed by atoms with E-state index in [0.717, 1.165) is 32.5 Å². The van der Waals surface area contributed by atoms with Crippen LogP contribution in [0.25, 0.3) is 0 Å². The molecule has 1 aliphatic rings. The molecule has 1 fully saturated rings. The number of likely N-dealkylation sites (tertiary alicyclic amines) is 1. The van der Waals surface area contributed by atoms with E-state index in [1.165, 1.54) is 5.56 Å². The normalized spacial score (nSPS) is 15.8. The minimum absolute atomic E-state index is 0.151. The van der Waals surface area contributed by atoms with E-state index in [9.17, 15) is 4.79 Å². The summed E-state index contributed by atoms with van der Waals surface area (Å²) in [6, 6.07) is 19.6. The summed E-state index contributed by atoms with van der Waals surface area (Å²) in [5, 5.41) is 3.91. The second-order valence-electron chi connectivity index (χ2n) is 6.69. The van der Waals surface area contributed by atoms with E-state index < -0.39 is 0 Å². The molecule has 0 spiro atoms. The van der Waals surface area contributed by atoms with E-state index in [0.29, 0.717) is 11.5 Å². The quantitative estimate of drug-likeness (QED) is 0.659. The van der Waals surface area contributed by atoms with Crippen LogP contribution in [0.4, 0.5) is 0 Å². The average Bonchev–Trinajstić information content (AvgIpc) is 3.20. The van der Waals surface area contributed by atoms with Gasteiger partial charge in [0.05, 0.1) is 0 Å². The van der Waals surface area contributed by atoms with Crippen LogP contribution >= 0.6 is 0 Å². The summed E-state index contributed by atoms with van der Waals surface area (Å²) in [6.07, 6.45) is 1.93. The number of hydrogen-bond acceptors (Lipinski definition) is 5. The Morgan fingerprint density at radius 3 is 2.35 bits per heavy atom. The Labute approximate surface area is 152 Å². The Morgan fingerprint density at radius 2 is 1.65 bits per heavy atom. The van der Waals surface area contributed by atoms with Gasteiger partial charge in [0.1, 0.15) is 0 Å². The lowest BCUT2D eigenvalue weighted by molar-refractivity contribution is 0.102. The highest BCUT2D eigenvalue weighted by molar-refractivity contribution is 6.06. The highest BCUT2D eigenvalue weighted by Gasteiger charge is 2.26. The molecule has 0 saturated carbocycles. The van der Waals surface area contributed by atoms with E-state index in [2.05, 4.69) is 39.3 Å². The van der Waals surface area contributed by atoms with Crippen molar-refractivity contribution in [1.29, 1.82) is 0 Å². The third-order valence-corrected chi connectivity index (χ3v) is 4.87. The predicted octanol–water partition coefficient (Wildman–Crippen LogP) is 3.68. The van der Waals surface area contributed by atoms with Crippen molar-refractivity contribution >= 4 is 5.78 Å². The zero-order valence-corrected chi connectivity index (χ0v) is 14.5. The largest absolute Gasteiger partial charge is 0.339 e. The maximum atomic E-state index is 12.4. The van der Waals surface area contributed by atoms with E-state index in [1.807, 2.05) is 24.3 Å². The fraction of sp³-hybridized carbons (Fsp3) is 0.286. The van der Waals surface area contributed by atoms with Gasteiger partial charge in [-0.15, -0.1) is 0 Å². The molecule has 1 aliphatic heterocycles. The van der Waals surface area contributed by atoms with Crippen LogP contribution in [0.2, 0.25) is 0 Å². The molecule has 2 aromatic carbocycles. The van der Waals surface area contributed by atoms with Crippen molar-refractivity contribution in [3.63, 3.8) is 0 Å². The minimum Gasteiger partial charge on any atom is -0.339 e. The number of carbonyl (C=O) groups excluding carboxylic acids is 1. The van der Waals surface area contributed by atoms with E-state index in [-0.39, 0.29) is 17.5 Å². The molecule has 5 nitrogen and oxygen atoms in total. The molecule has 4 rings (SSSR count). The van der Waals surface area contributed by atoms with E-state index in [1.54, 1.807) is 12.1 Å². The first kappa shape index (κ1) is 16.7. The lowest BCUT2D eigenvalue weighted by Gasteiger charge is -2.30. The van der Waals surface area contributed by atoms with Gasteiger partial charge in [-0.25, -0.2) is 0 Å². The molecule has 0 aliphatic carbocycles. The number of ketones is 1. The van der Waals surface area contributed by atoms with Gasteiger partial charge in [0, 0.05) is 18.0 Å². The highest BCUT2D eigenvalue weighted by Crippen LogP contribution is 2.27.